The van der Waals surface area contributed by atoms with E-state index in [2.05, 4.69) is 22.6 Å². The molecule has 1 aromatic rings. The zero-order valence-corrected chi connectivity index (χ0v) is 10.9. The van der Waals surface area contributed by atoms with Crippen molar-refractivity contribution in [1.29, 1.82) is 0 Å². The largest absolute Gasteiger partial charge is 0.465 e. The molecule has 2 rings (SSSR count). The summed E-state index contributed by atoms with van der Waals surface area (Å²) >= 11 is 3.88. The number of rotatable bonds is 1. The third-order valence-electron chi connectivity index (χ3n) is 2.48. The maximum Gasteiger partial charge on any atom is 0.349 e. The van der Waals surface area contributed by atoms with Crippen LogP contribution < -0.4 is 0 Å². The molecule has 14 heavy (non-hydrogen) atoms. The summed E-state index contributed by atoms with van der Waals surface area (Å²) in [6.45, 7) is 0. The van der Waals surface area contributed by atoms with Crippen molar-refractivity contribution >= 4 is 39.9 Å². The second kappa shape index (κ2) is 4.18. The molecular formula is C10H11IO2S. The molecule has 0 aromatic carbocycles. The topological polar surface area (TPSA) is 26.3 Å². The molecule has 2 nitrogen and oxygen atoms in total. The minimum atomic E-state index is -0.186. The van der Waals surface area contributed by atoms with E-state index in [1.54, 1.807) is 11.3 Å². The van der Waals surface area contributed by atoms with Crippen molar-refractivity contribution in [3.05, 3.63) is 18.9 Å². The zero-order valence-electron chi connectivity index (χ0n) is 7.93. The molecule has 0 atom stereocenters. The Morgan fingerprint density at radius 3 is 2.79 bits per heavy atom. The first-order valence-electron chi connectivity index (χ1n) is 4.62. The van der Waals surface area contributed by atoms with Crippen molar-refractivity contribution < 1.29 is 9.53 Å². The van der Waals surface area contributed by atoms with Crippen molar-refractivity contribution in [1.82, 2.24) is 0 Å². The van der Waals surface area contributed by atoms with Crippen molar-refractivity contribution in [2.24, 2.45) is 0 Å². The quantitative estimate of drug-likeness (QED) is 0.587. The van der Waals surface area contributed by atoms with Crippen LogP contribution >= 0.6 is 33.9 Å². The van der Waals surface area contributed by atoms with Crippen LogP contribution in [0.3, 0.4) is 0 Å². The summed E-state index contributed by atoms with van der Waals surface area (Å²) in [4.78, 5) is 13.6. The van der Waals surface area contributed by atoms with Crippen LogP contribution in [0.1, 0.15) is 33.0 Å². The predicted octanol–water partition coefficient (Wildman–Crippen LogP) is 3.02. The number of aryl methyl sites for hydroxylation is 1. The van der Waals surface area contributed by atoms with Gasteiger partial charge in [0.15, 0.2) is 0 Å². The van der Waals surface area contributed by atoms with Gasteiger partial charge in [0.05, 0.1) is 7.11 Å². The van der Waals surface area contributed by atoms with E-state index in [9.17, 15) is 4.79 Å². The van der Waals surface area contributed by atoms with Crippen molar-refractivity contribution in [2.45, 2.75) is 25.7 Å². The maximum atomic E-state index is 11.4. The van der Waals surface area contributed by atoms with Gasteiger partial charge in [-0.3, -0.25) is 0 Å². The summed E-state index contributed by atoms with van der Waals surface area (Å²) in [6, 6.07) is 0. The van der Waals surface area contributed by atoms with Gasteiger partial charge in [0.2, 0.25) is 0 Å². The minimum absolute atomic E-state index is 0.186. The van der Waals surface area contributed by atoms with E-state index >= 15 is 0 Å². The van der Waals surface area contributed by atoms with Gasteiger partial charge in [0.1, 0.15) is 4.88 Å². The lowest BCUT2D eigenvalue weighted by Crippen LogP contribution is -2.02. The van der Waals surface area contributed by atoms with Gasteiger partial charge >= 0.3 is 5.97 Å². The summed E-state index contributed by atoms with van der Waals surface area (Å²) in [7, 11) is 1.44. The van der Waals surface area contributed by atoms with Crippen LogP contribution in [-0.2, 0) is 17.6 Å². The fraction of sp³-hybridized carbons (Fsp3) is 0.500. The SMILES string of the molecule is COC(=O)c1sc2c(c1I)CCCC2. The summed E-state index contributed by atoms with van der Waals surface area (Å²) in [5, 5.41) is 0. The Kier molecular flexibility index (Phi) is 3.11. The number of ether oxygens (including phenoxy) is 1. The van der Waals surface area contributed by atoms with Gasteiger partial charge in [-0.1, -0.05) is 0 Å². The van der Waals surface area contributed by atoms with Gasteiger partial charge in [0, 0.05) is 8.45 Å². The van der Waals surface area contributed by atoms with Crippen molar-refractivity contribution in [3.8, 4) is 0 Å². The highest BCUT2D eigenvalue weighted by Gasteiger charge is 2.22. The molecule has 0 radical (unpaired) electrons. The van der Waals surface area contributed by atoms with Crippen LogP contribution in [0.2, 0.25) is 0 Å². The second-order valence-corrected chi connectivity index (χ2v) is 5.53. The van der Waals surface area contributed by atoms with Gasteiger partial charge in [-0.15, -0.1) is 11.3 Å². The van der Waals surface area contributed by atoms with Crippen molar-refractivity contribution in [2.75, 3.05) is 7.11 Å². The summed E-state index contributed by atoms with van der Waals surface area (Å²) in [6.07, 6.45) is 4.76. The molecule has 4 heteroatoms. The number of fused-ring (bicyclic) bond motifs is 1. The summed E-state index contributed by atoms with van der Waals surface area (Å²) < 4.78 is 5.88. The fourth-order valence-electron chi connectivity index (χ4n) is 1.75. The molecular weight excluding hydrogens is 311 g/mol. The molecule has 76 valence electrons. The van der Waals surface area contributed by atoms with Gasteiger partial charge in [0.25, 0.3) is 0 Å². The number of carbonyl (C=O) groups excluding carboxylic acids is 1. The number of esters is 1. The van der Waals surface area contributed by atoms with E-state index < -0.39 is 0 Å². The van der Waals surface area contributed by atoms with E-state index in [-0.39, 0.29) is 5.97 Å². The lowest BCUT2D eigenvalue weighted by atomic mass is 9.99. The molecule has 0 unspecified atom stereocenters. The number of hydrogen-bond donors (Lipinski definition) is 0. The molecule has 0 saturated heterocycles. The van der Waals surface area contributed by atoms with E-state index in [1.807, 2.05) is 0 Å². The minimum Gasteiger partial charge on any atom is -0.465 e. The molecule has 0 bridgehead atoms. The lowest BCUT2D eigenvalue weighted by molar-refractivity contribution is 0.0605. The van der Waals surface area contributed by atoms with Gasteiger partial charge in [-0.05, 0) is 53.8 Å². The first-order valence-corrected chi connectivity index (χ1v) is 6.52. The summed E-state index contributed by atoms with van der Waals surface area (Å²) in [5.74, 6) is -0.186. The lowest BCUT2D eigenvalue weighted by Gasteiger charge is -2.09. The molecule has 0 saturated carbocycles. The number of carbonyl (C=O) groups is 1. The normalized spacial score (nSPS) is 15.0. The Bertz CT molecular complexity index is 370. The molecule has 1 heterocycles. The molecule has 1 aromatic heterocycles. The third kappa shape index (κ3) is 1.69. The molecule has 0 fully saturated rings. The Labute approximate surface area is 101 Å². The molecule has 0 aliphatic heterocycles. The van der Waals surface area contributed by atoms with Crippen LogP contribution in [0.5, 0.6) is 0 Å². The van der Waals surface area contributed by atoms with Crippen LogP contribution in [0.4, 0.5) is 0 Å². The highest BCUT2D eigenvalue weighted by Crippen LogP contribution is 2.35. The maximum absolute atomic E-state index is 11.4. The number of thiophene rings is 1. The highest BCUT2D eigenvalue weighted by atomic mass is 127. The number of halogens is 1. The number of methoxy groups -OCH3 is 1. The Morgan fingerprint density at radius 2 is 2.14 bits per heavy atom. The number of hydrogen-bond acceptors (Lipinski definition) is 3. The first-order chi connectivity index (χ1) is 6.74. The smallest absolute Gasteiger partial charge is 0.349 e. The van der Waals surface area contributed by atoms with Crippen LogP contribution in [0.15, 0.2) is 0 Å². The van der Waals surface area contributed by atoms with Crippen LogP contribution in [0.25, 0.3) is 0 Å². The van der Waals surface area contributed by atoms with E-state index in [4.69, 9.17) is 4.74 Å². The Hall–Kier alpha value is -0.100. The monoisotopic (exact) mass is 322 g/mol. The average Bonchev–Trinajstić information content (AvgIpc) is 2.56. The molecule has 1 aliphatic carbocycles. The van der Waals surface area contributed by atoms with E-state index in [1.165, 1.54) is 30.4 Å². The van der Waals surface area contributed by atoms with E-state index in [0.29, 0.717) is 0 Å². The van der Waals surface area contributed by atoms with Gasteiger partial charge < -0.3 is 4.74 Å². The van der Waals surface area contributed by atoms with Gasteiger partial charge in [-0.25, -0.2) is 4.79 Å². The zero-order chi connectivity index (χ0) is 10.1. The van der Waals surface area contributed by atoms with Gasteiger partial charge in [-0.2, -0.15) is 0 Å². The molecule has 0 N–H and O–H groups in total. The standard InChI is InChI=1S/C10H11IO2S/c1-13-10(12)9-8(11)6-4-2-3-5-7(6)14-9/h2-5H2,1H3. The van der Waals surface area contributed by atoms with E-state index in [0.717, 1.165) is 21.3 Å². The van der Waals surface area contributed by atoms with Crippen LogP contribution in [0, 0.1) is 3.57 Å². The molecule has 0 amide bonds. The average molecular weight is 322 g/mol. The Balaban J connectivity index is 2.43. The second-order valence-electron chi connectivity index (χ2n) is 3.35. The first kappa shape index (κ1) is 10.4. The van der Waals surface area contributed by atoms with Crippen molar-refractivity contribution in [3.63, 3.8) is 0 Å². The summed E-state index contributed by atoms with van der Waals surface area (Å²) in [5.41, 5.74) is 1.39. The molecule has 0 spiro atoms. The highest BCUT2D eigenvalue weighted by molar-refractivity contribution is 14.1. The predicted molar refractivity (Wildman–Crippen MR) is 65.0 cm³/mol. The molecule has 1 aliphatic rings. The Morgan fingerprint density at radius 1 is 1.43 bits per heavy atom. The third-order valence-corrected chi connectivity index (χ3v) is 5.31. The fourth-order valence-corrected chi connectivity index (χ4v) is 4.28. The van der Waals surface area contributed by atoms with Crippen LogP contribution in [-0.4, -0.2) is 13.1 Å².